The largest absolute Gasteiger partial charge is 0.0654 e. The first-order chi connectivity index (χ1) is 10.4. The van der Waals surface area contributed by atoms with E-state index in [0.29, 0.717) is 0 Å². The number of benzene rings is 2. The first kappa shape index (κ1) is 14.6. The van der Waals surface area contributed by atoms with Crippen LogP contribution in [0.25, 0.3) is 10.8 Å². The van der Waals surface area contributed by atoms with Crippen LogP contribution in [0.2, 0.25) is 0 Å². The van der Waals surface area contributed by atoms with Gasteiger partial charge in [-0.1, -0.05) is 75.4 Å². The van der Waals surface area contributed by atoms with Crippen LogP contribution in [-0.4, -0.2) is 0 Å². The minimum absolute atomic E-state index is 0.813. The van der Waals surface area contributed by atoms with Gasteiger partial charge in [-0.25, -0.2) is 0 Å². The van der Waals surface area contributed by atoms with E-state index in [1.807, 2.05) is 0 Å². The standard InChI is InChI=1S/C21H28/c1-2-3-5-12-18-15-20(17-10-6-4-7-11-17)16-19-13-8-9-14-21(18)19/h8-9,13-17H,2-7,10-12H2,1H3. The molecule has 0 radical (unpaired) electrons. The minimum Gasteiger partial charge on any atom is -0.0654 e. The van der Waals surface area contributed by atoms with Gasteiger partial charge < -0.3 is 0 Å². The van der Waals surface area contributed by atoms with Crippen molar-refractivity contribution in [1.29, 1.82) is 0 Å². The van der Waals surface area contributed by atoms with Gasteiger partial charge in [-0.3, -0.25) is 0 Å². The predicted octanol–water partition coefficient (Wildman–Crippen LogP) is 6.62. The highest BCUT2D eigenvalue weighted by Gasteiger charge is 2.17. The van der Waals surface area contributed by atoms with Gasteiger partial charge in [0.05, 0.1) is 0 Å². The highest BCUT2D eigenvalue weighted by molar-refractivity contribution is 5.86. The molecule has 0 heterocycles. The van der Waals surface area contributed by atoms with E-state index in [2.05, 4.69) is 43.3 Å². The van der Waals surface area contributed by atoms with Crippen molar-refractivity contribution in [1.82, 2.24) is 0 Å². The molecule has 1 aliphatic carbocycles. The molecular weight excluding hydrogens is 252 g/mol. The molecule has 0 spiro atoms. The molecule has 0 unspecified atom stereocenters. The molecule has 0 aliphatic heterocycles. The summed E-state index contributed by atoms with van der Waals surface area (Å²) >= 11 is 0. The Morgan fingerprint density at radius 2 is 1.76 bits per heavy atom. The maximum Gasteiger partial charge on any atom is -0.0152 e. The van der Waals surface area contributed by atoms with E-state index in [0.717, 1.165) is 5.92 Å². The molecule has 112 valence electrons. The van der Waals surface area contributed by atoms with Gasteiger partial charge in [0, 0.05) is 0 Å². The molecule has 21 heavy (non-hydrogen) atoms. The summed E-state index contributed by atoms with van der Waals surface area (Å²) < 4.78 is 0. The zero-order chi connectivity index (χ0) is 14.5. The number of fused-ring (bicyclic) bond motifs is 1. The van der Waals surface area contributed by atoms with Gasteiger partial charge in [0.1, 0.15) is 0 Å². The van der Waals surface area contributed by atoms with E-state index in [4.69, 9.17) is 0 Å². The van der Waals surface area contributed by atoms with Gasteiger partial charge >= 0.3 is 0 Å². The Balaban J connectivity index is 1.93. The van der Waals surface area contributed by atoms with Crippen molar-refractivity contribution in [3.8, 4) is 0 Å². The summed E-state index contributed by atoms with van der Waals surface area (Å²) in [6.07, 6.45) is 12.3. The molecule has 0 nitrogen and oxygen atoms in total. The van der Waals surface area contributed by atoms with Crippen LogP contribution in [0.4, 0.5) is 0 Å². The summed E-state index contributed by atoms with van der Waals surface area (Å²) in [7, 11) is 0. The fourth-order valence-electron chi connectivity index (χ4n) is 3.86. The first-order valence-electron chi connectivity index (χ1n) is 8.90. The molecule has 1 aliphatic rings. The Morgan fingerprint density at radius 1 is 0.952 bits per heavy atom. The van der Waals surface area contributed by atoms with E-state index >= 15 is 0 Å². The Hall–Kier alpha value is -1.30. The molecule has 0 amide bonds. The Morgan fingerprint density at radius 3 is 2.57 bits per heavy atom. The number of hydrogen-bond acceptors (Lipinski definition) is 0. The van der Waals surface area contributed by atoms with Crippen LogP contribution in [0, 0.1) is 0 Å². The second-order valence-electron chi connectivity index (χ2n) is 6.69. The number of hydrogen-bond donors (Lipinski definition) is 0. The van der Waals surface area contributed by atoms with Crippen LogP contribution in [0.3, 0.4) is 0 Å². The van der Waals surface area contributed by atoms with Crippen molar-refractivity contribution in [2.75, 3.05) is 0 Å². The van der Waals surface area contributed by atoms with Gasteiger partial charge in [0.25, 0.3) is 0 Å². The summed E-state index contributed by atoms with van der Waals surface area (Å²) in [5, 5.41) is 2.93. The third kappa shape index (κ3) is 3.48. The van der Waals surface area contributed by atoms with Gasteiger partial charge in [-0.05, 0) is 53.5 Å². The SMILES string of the molecule is CCCCCc1cc(C2CCCCC2)cc2ccccc12. The Labute approximate surface area is 129 Å². The summed E-state index contributed by atoms with van der Waals surface area (Å²) in [4.78, 5) is 0. The van der Waals surface area contributed by atoms with Gasteiger partial charge in [0.15, 0.2) is 0 Å². The van der Waals surface area contributed by atoms with Crippen LogP contribution in [0.1, 0.15) is 75.3 Å². The number of unbranched alkanes of at least 4 members (excludes halogenated alkanes) is 2. The third-order valence-corrected chi connectivity index (χ3v) is 5.10. The third-order valence-electron chi connectivity index (χ3n) is 5.10. The average molecular weight is 280 g/mol. The zero-order valence-corrected chi connectivity index (χ0v) is 13.4. The smallest absolute Gasteiger partial charge is 0.0152 e. The number of aryl methyl sites for hydroxylation is 1. The molecule has 0 saturated heterocycles. The maximum absolute atomic E-state index is 2.54. The van der Waals surface area contributed by atoms with E-state index in [-0.39, 0.29) is 0 Å². The molecular formula is C21H28. The predicted molar refractivity (Wildman–Crippen MR) is 93.0 cm³/mol. The highest BCUT2D eigenvalue weighted by atomic mass is 14.2. The second kappa shape index (κ2) is 7.11. The first-order valence-corrected chi connectivity index (χ1v) is 8.90. The lowest BCUT2D eigenvalue weighted by atomic mass is 9.82. The van der Waals surface area contributed by atoms with Gasteiger partial charge in [-0.2, -0.15) is 0 Å². The van der Waals surface area contributed by atoms with Crippen LogP contribution >= 0.6 is 0 Å². The lowest BCUT2D eigenvalue weighted by molar-refractivity contribution is 0.443. The van der Waals surface area contributed by atoms with Crippen LogP contribution in [0.5, 0.6) is 0 Å². The fourth-order valence-corrected chi connectivity index (χ4v) is 3.86. The molecule has 0 bridgehead atoms. The molecule has 0 aromatic heterocycles. The monoisotopic (exact) mass is 280 g/mol. The van der Waals surface area contributed by atoms with E-state index < -0.39 is 0 Å². The van der Waals surface area contributed by atoms with Crippen molar-refractivity contribution in [3.05, 3.63) is 47.5 Å². The fraction of sp³-hybridized carbons (Fsp3) is 0.524. The molecule has 0 heteroatoms. The van der Waals surface area contributed by atoms with Gasteiger partial charge in [0.2, 0.25) is 0 Å². The van der Waals surface area contributed by atoms with Crippen LogP contribution in [0.15, 0.2) is 36.4 Å². The summed E-state index contributed by atoms with van der Waals surface area (Å²) in [6, 6.07) is 14.0. The average Bonchev–Trinajstić information content (AvgIpc) is 2.55. The van der Waals surface area contributed by atoms with Crippen molar-refractivity contribution >= 4 is 10.8 Å². The van der Waals surface area contributed by atoms with Crippen LogP contribution in [-0.2, 0) is 6.42 Å². The summed E-state index contributed by atoms with van der Waals surface area (Å²) in [5.41, 5.74) is 3.20. The molecule has 1 fully saturated rings. The topological polar surface area (TPSA) is 0 Å². The molecule has 1 saturated carbocycles. The van der Waals surface area contributed by atoms with Crippen molar-refractivity contribution in [2.45, 2.75) is 70.6 Å². The lowest BCUT2D eigenvalue weighted by Gasteiger charge is -2.23. The minimum atomic E-state index is 0.813. The lowest BCUT2D eigenvalue weighted by Crippen LogP contribution is -2.05. The van der Waals surface area contributed by atoms with E-state index in [1.54, 1.807) is 11.1 Å². The summed E-state index contributed by atoms with van der Waals surface area (Å²) in [6.45, 7) is 2.29. The van der Waals surface area contributed by atoms with Crippen molar-refractivity contribution in [2.24, 2.45) is 0 Å². The van der Waals surface area contributed by atoms with Crippen LogP contribution < -0.4 is 0 Å². The van der Waals surface area contributed by atoms with Crippen molar-refractivity contribution in [3.63, 3.8) is 0 Å². The zero-order valence-electron chi connectivity index (χ0n) is 13.4. The van der Waals surface area contributed by atoms with Gasteiger partial charge in [-0.15, -0.1) is 0 Å². The summed E-state index contributed by atoms with van der Waals surface area (Å²) in [5.74, 6) is 0.813. The normalized spacial score (nSPS) is 16.4. The molecule has 2 aromatic rings. The number of rotatable bonds is 5. The Bertz CT molecular complexity index is 576. The highest BCUT2D eigenvalue weighted by Crippen LogP contribution is 2.35. The molecule has 0 atom stereocenters. The van der Waals surface area contributed by atoms with E-state index in [1.165, 1.54) is 68.6 Å². The molecule has 2 aromatic carbocycles. The molecule has 3 rings (SSSR count). The quantitative estimate of drug-likeness (QED) is 0.540. The second-order valence-corrected chi connectivity index (χ2v) is 6.69. The maximum atomic E-state index is 2.54. The molecule has 0 N–H and O–H groups in total. The van der Waals surface area contributed by atoms with Crippen molar-refractivity contribution < 1.29 is 0 Å². The van der Waals surface area contributed by atoms with E-state index in [9.17, 15) is 0 Å². The Kier molecular flexibility index (Phi) is 4.95.